The molecule has 0 spiro atoms. The molecule has 104 valence electrons. The second kappa shape index (κ2) is 6.41. The Labute approximate surface area is 122 Å². The number of rotatable bonds is 3. The van der Waals surface area contributed by atoms with Gasteiger partial charge in [0.15, 0.2) is 0 Å². The summed E-state index contributed by atoms with van der Waals surface area (Å²) in [4.78, 5) is 11.8. The van der Waals surface area contributed by atoms with Gasteiger partial charge in [0.25, 0.3) is 0 Å². The number of carbonyl (C=O) groups is 1. The average Bonchev–Trinajstić information content (AvgIpc) is 2.44. The number of benzene rings is 2. The van der Waals surface area contributed by atoms with Crippen LogP contribution in [0.25, 0.3) is 0 Å². The van der Waals surface area contributed by atoms with E-state index in [1.807, 2.05) is 13.0 Å². The van der Waals surface area contributed by atoms with Crippen LogP contribution >= 0.6 is 11.6 Å². The van der Waals surface area contributed by atoms with Crippen molar-refractivity contribution in [2.24, 2.45) is 0 Å². The largest absolute Gasteiger partial charge is 0.392 e. The van der Waals surface area contributed by atoms with Gasteiger partial charge in [0, 0.05) is 16.4 Å². The summed E-state index contributed by atoms with van der Waals surface area (Å²) in [5, 5.41) is 15.0. The van der Waals surface area contributed by atoms with Gasteiger partial charge in [-0.3, -0.25) is 0 Å². The zero-order valence-corrected chi connectivity index (χ0v) is 11.7. The Morgan fingerprint density at radius 2 is 1.70 bits per heavy atom. The first-order chi connectivity index (χ1) is 9.58. The number of halogens is 1. The van der Waals surface area contributed by atoms with E-state index in [0.29, 0.717) is 16.4 Å². The number of aryl methyl sites for hydroxylation is 1. The normalized spacial score (nSPS) is 10.2. The van der Waals surface area contributed by atoms with Crippen molar-refractivity contribution < 1.29 is 9.90 Å². The zero-order valence-electron chi connectivity index (χ0n) is 11.0. The number of aliphatic hydroxyl groups excluding tert-OH is 1. The van der Waals surface area contributed by atoms with Gasteiger partial charge in [-0.2, -0.15) is 0 Å². The van der Waals surface area contributed by atoms with E-state index in [1.165, 1.54) is 0 Å². The molecule has 2 aromatic rings. The van der Waals surface area contributed by atoms with E-state index >= 15 is 0 Å². The van der Waals surface area contributed by atoms with E-state index in [0.717, 1.165) is 11.1 Å². The maximum atomic E-state index is 11.8. The number of nitrogens with one attached hydrogen (secondary N) is 2. The topological polar surface area (TPSA) is 61.4 Å². The van der Waals surface area contributed by atoms with Crippen LogP contribution in [0.15, 0.2) is 42.5 Å². The molecule has 2 aromatic carbocycles. The van der Waals surface area contributed by atoms with Crippen molar-refractivity contribution in [3.8, 4) is 0 Å². The molecule has 2 rings (SSSR count). The van der Waals surface area contributed by atoms with E-state index in [-0.39, 0.29) is 12.6 Å². The Bertz CT molecular complexity index is 612. The average molecular weight is 291 g/mol. The fourth-order valence-electron chi connectivity index (χ4n) is 1.66. The predicted octanol–water partition coefficient (Wildman–Crippen LogP) is 3.78. The molecule has 0 aliphatic heterocycles. The van der Waals surface area contributed by atoms with Crippen molar-refractivity contribution in [2.75, 3.05) is 10.6 Å². The molecule has 0 unspecified atom stereocenters. The van der Waals surface area contributed by atoms with Crippen molar-refractivity contribution in [1.82, 2.24) is 0 Å². The first-order valence-corrected chi connectivity index (χ1v) is 6.50. The monoisotopic (exact) mass is 290 g/mol. The summed E-state index contributed by atoms with van der Waals surface area (Å²) in [6, 6.07) is 11.9. The summed E-state index contributed by atoms with van der Waals surface area (Å²) in [6.45, 7) is 1.88. The smallest absolute Gasteiger partial charge is 0.323 e. The van der Waals surface area contributed by atoms with E-state index in [2.05, 4.69) is 10.6 Å². The lowest BCUT2D eigenvalue weighted by atomic mass is 10.2. The highest BCUT2D eigenvalue weighted by atomic mass is 35.5. The quantitative estimate of drug-likeness (QED) is 0.805. The Morgan fingerprint density at radius 1 is 1.10 bits per heavy atom. The highest BCUT2D eigenvalue weighted by Crippen LogP contribution is 2.20. The minimum absolute atomic E-state index is 0.0195. The molecule has 3 N–H and O–H groups in total. The molecule has 0 aromatic heterocycles. The van der Waals surface area contributed by atoms with Gasteiger partial charge < -0.3 is 15.7 Å². The van der Waals surface area contributed by atoms with Crippen LogP contribution in [0.1, 0.15) is 11.1 Å². The Morgan fingerprint density at radius 3 is 2.30 bits per heavy atom. The fourth-order valence-corrected chi connectivity index (χ4v) is 1.84. The van der Waals surface area contributed by atoms with Gasteiger partial charge in [-0.1, -0.05) is 29.8 Å². The van der Waals surface area contributed by atoms with Crippen LogP contribution < -0.4 is 10.6 Å². The molecular weight excluding hydrogens is 276 g/mol. The number of carbonyl (C=O) groups excluding carboxylic acids is 1. The number of urea groups is 1. The molecule has 0 heterocycles. The highest BCUT2D eigenvalue weighted by molar-refractivity contribution is 6.31. The van der Waals surface area contributed by atoms with E-state index < -0.39 is 0 Å². The first kappa shape index (κ1) is 14.4. The third-order valence-electron chi connectivity index (χ3n) is 2.82. The summed E-state index contributed by atoms with van der Waals surface area (Å²) in [7, 11) is 0. The standard InChI is InChI=1S/C15H15ClN2O2/c1-10-2-5-13(8-14(10)16)18-15(20)17-12-6-3-11(9-19)4-7-12/h2-8,19H,9H2,1H3,(H2,17,18,20). The Balaban J connectivity index is 1.99. The zero-order chi connectivity index (χ0) is 14.5. The number of anilines is 2. The number of amides is 2. The molecule has 2 amide bonds. The summed E-state index contributed by atoms with van der Waals surface area (Å²) in [5.74, 6) is 0. The molecule has 0 saturated heterocycles. The minimum Gasteiger partial charge on any atom is -0.392 e. The molecule has 0 saturated carbocycles. The molecule has 0 atom stereocenters. The lowest BCUT2D eigenvalue weighted by Crippen LogP contribution is -2.19. The Hall–Kier alpha value is -2.04. The molecule has 0 bridgehead atoms. The molecule has 0 aliphatic carbocycles. The van der Waals surface area contributed by atoms with Gasteiger partial charge >= 0.3 is 6.03 Å². The summed E-state index contributed by atoms with van der Waals surface area (Å²) in [6.07, 6.45) is 0. The van der Waals surface area contributed by atoms with E-state index in [9.17, 15) is 4.79 Å². The molecule has 0 radical (unpaired) electrons. The summed E-state index contributed by atoms with van der Waals surface area (Å²) < 4.78 is 0. The number of hydrogen-bond donors (Lipinski definition) is 3. The predicted molar refractivity (Wildman–Crippen MR) is 81.2 cm³/mol. The van der Waals surface area contributed by atoms with Crippen molar-refractivity contribution in [2.45, 2.75) is 13.5 Å². The SMILES string of the molecule is Cc1ccc(NC(=O)Nc2ccc(CO)cc2)cc1Cl. The van der Waals surface area contributed by atoms with Crippen LogP contribution in [0.5, 0.6) is 0 Å². The van der Waals surface area contributed by atoms with Crippen LogP contribution in [-0.2, 0) is 6.61 Å². The molecule has 0 fully saturated rings. The van der Waals surface area contributed by atoms with Crippen LogP contribution in [0.4, 0.5) is 16.2 Å². The molecule has 20 heavy (non-hydrogen) atoms. The lowest BCUT2D eigenvalue weighted by molar-refractivity contribution is 0.262. The van der Waals surface area contributed by atoms with Gasteiger partial charge in [-0.05, 0) is 42.3 Å². The first-order valence-electron chi connectivity index (χ1n) is 6.12. The maximum Gasteiger partial charge on any atom is 0.323 e. The minimum atomic E-state index is -0.346. The van der Waals surface area contributed by atoms with Crippen LogP contribution in [0.2, 0.25) is 5.02 Å². The van der Waals surface area contributed by atoms with E-state index in [1.54, 1.807) is 36.4 Å². The maximum absolute atomic E-state index is 11.8. The van der Waals surface area contributed by atoms with E-state index in [4.69, 9.17) is 16.7 Å². The Kier molecular flexibility index (Phi) is 4.61. The van der Waals surface area contributed by atoms with Gasteiger partial charge in [-0.25, -0.2) is 4.79 Å². The summed E-state index contributed by atoms with van der Waals surface area (Å²) >= 11 is 6.00. The van der Waals surface area contributed by atoms with Gasteiger partial charge in [0.1, 0.15) is 0 Å². The molecular formula is C15H15ClN2O2. The summed E-state index contributed by atoms with van der Waals surface area (Å²) in [5.41, 5.74) is 3.03. The second-order valence-electron chi connectivity index (χ2n) is 4.40. The molecule has 4 nitrogen and oxygen atoms in total. The van der Waals surface area contributed by atoms with Gasteiger partial charge in [-0.15, -0.1) is 0 Å². The lowest BCUT2D eigenvalue weighted by Gasteiger charge is -2.09. The molecule has 0 aliphatic rings. The second-order valence-corrected chi connectivity index (χ2v) is 4.81. The number of aliphatic hydroxyl groups is 1. The van der Waals surface area contributed by atoms with Crippen LogP contribution in [0, 0.1) is 6.92 Å². The van der Waals surface area contributed by atoms with Gasteiger partial charge in [0.05, 0.1) is 6.61 Å². The third-order valence-corrected chi connectivity index (χ3v) is 3.23. The third kappa shape index (κ3) is 3.73. The van der Waals surface area contributed by atoms with Crippen molar-refractivity contribution in [3.63, 3.8) is 0 Å². The number of hydrogen-bond acceptors (Lipinski definition) is 2. The van der Waals surface area contributed by atoms with Crippen molar-refractivity contribution in [1.29, 1.82) is 0 Å². The van der Waals surface area contributed by atoms with Crippen LogP contribution in [-0.4, -0.2) is 11.1 Å². The van der Waals surface area contributed by atoms with Crippen molar-refractivity contribution in [3.05, 3.63) is 58.6 Å². The van der Waals surface area contributed by atoms with Gasteiger partial charge in [0.2, 0.25) is 0 Å². The van der Waals surface area contributed by atoms with Crippen LogP contribution in [0.3, 0.4) is 0 Å². The van der Waals surface area contributed by atoms with Crippen molar-refractivity contribution >= 4 is 29.0 Å². The molecule has 5 heteroatoms. The fraction of sp³-hybridized carbons (Fsp3) is 0.133. The highest BCUT2D eigenvalue weighted by Gasteiger charge is 2.04.